The quantitative estimate of drug-likeness (QED) is 0.665. The normalized spacial score (nSPS) is 22.5. The summed E-state index contributed by atoms with van der Waals surface area (Å²) in [6.07, 6.45) is 1.27. The number of hydrogen-bond acceptors (Lipinski definition) is 3. The molecule has 2 rings (SSSR count). The van der Waals surface area contributed by atoms with Crippen molar-refractivity contribution >= 4 is 5.96 Å². The Hall–Kier alpha value is -1.91. The Morgan fingerprint density at radius 3 is 2.64 bits per heavy atom. The first-order chi connectivity index (χ1) is 10.5. The van der Waals surface area contributed by atoms with Crippen LogP contribution in [0.1, 0.15) is 25.8 Å². The number of piperidine rings is 1. The molecule has 0 aliphatic carbocycles. The molecule has 22 heavy (non-hydrogen) atoms. The number of guanidine groups is 1. The Bertz CT molecular complexity index is 521. The third kappa shape index (κ3) is 4.06. The number of rotatable bonds is 3. The molecule has 0 spiro atoms. The standard InChI is InChI=1S/C17H27N3O2/c1-12-7-13(2)11-20(10-12)17(18-3)19-9-14-8-15(22-4)5-6-16(14)21/h5-6,8,12-13,21H,7,9-11H2,1-4H3,(H,18,19). The number of phenolic OH excluding ortho intramolecular Hbond substituents is 1. The van der Waals surface area contributed by atoms with E-state index in [2.05, 4.69) is 29.1 Å². The molecule has 1 fully saturated rings. The van der Waals surface area contributed by atoms with Gasteiger partial charge in [-0.15, -0.1) is 0 Å². The van der Waals surface area contributed by atoms with Crippen molar-refractivity contribution in [1.29, 1.82) is 0 Å². The SMILES string of the molecule is CN=C(NCc1cc(OC)ccc1O)N1CC(C)CC(C)C1. The summed E-state index contributed by atoms with van der Waals surface area (Å²) >= 11 is 0. The molecular formula is C17H27N3O2. The van der Waals surface area contributed by atoms with E-state index in [0.29, 0.717) is 18.4 Å². The van der Waals surface area contributed by atoms with Crippen molar-refractivity contribution in [2.24, 2.45) is 16.8 Å². The van der Waals surface area contributed by atoms with Crippen LogP contribution in [-0.4, -0.2) is 43.2 Å². The molecule has 1 aliphatic heterocycles. The number of benzene rings is 1. The molecule has 2 unspecified atom stereocenters. The van der Waals surface area contributed by atoms with Crippen molar-refractivity contribution in [1.82, 2.24) is 10.2 Å². The maximum absolute atomic E-state index is 9.96. The summed E-state index contributed by atoms with van der Waals surface area (Å²) < 4.78 is 5.21. The molecule has 0 amide bonds. The van der Waals surface area contributed by atoms with E-state index in [-0.39, 0.29) is 5.75 Å². The van der Waals surface area contributed by atoms with Gasteiger partial charge in [-0.1, -0.05) is 13.8 Å². The van der Waals surface area contributed by atoms with Gasteiger partial charge in [-0.05, 0) is 36.5 Å². The molecule has 5 nitrogen and oxygen atoms in total. The second kappa shape index (κ2) is 7.38. The minimum absolute atomic E-state index is 0.268. The fraction of sp³-hybridized carbons (Fsp3) is 0.588. The number of aliphatic imine (C=N–C) groups is 1. The number of nitrogens with zero attached hydrogens (tertiary/aromatic N) is 2. The maximum atomic E-state index is 9.96. The molecular weight excluding hydrogens is 278 g/mol. The van der Waals surface area contributed by atoms with Crippen molar-refractivity contribution in [3.05, 3.63) is 23.8 Å². The lowest BCUT2D eigenvalue weighted by Gasteiger charge is -2.37. The molecule has 1 saturated heterocycles. The van der Waals surface area contributed by atoms with E-state index < -0.39 is 0 Å². The van der Waals surface area contributed by atoms with Crippen molar-refractivity contribution in [2.75, 3.05) is 27.2 Å². The molecule has 1 aromatic rings. The first-order valence-electron chi connectivity index (χ1n) is 7.85. The summed E-state index contributed by atoms with van der Waals surface area (Å²) in [6.45, 7) is 7.13. The molecule has 0 bridgehead atoms. The van der Waals surface area contributed by atoms with Gasteiger partial charge in [0.1, 0.15) is 11.5 Å². The van der Waals surface area contributed by atoms with Crippen molar-refractivity contribution in [3.8, 4) is 11.5 Å². The minimum atomic E-state index is 0.268. The molecule has 122 valence electrons. The predicted octanol–water partition coefficient (Wildman–Crippen LogP) is 2.45. The molecule has 1 aromatic carbocycles. The highest BCUT2D eigenvalue weighted by atomic mass is 16.5. The zero-order chi connectivity index (χ0) is 16.1. The van der Waals surface area contributed by atoms with E-state index in [9.17, 15) is 5.11 Å². The zero-order valence-corrected chi connectivity index (χ0v) is 14.0. The van der Waals surface area contributed by atoms with E-state index in [1.807, 2.05) is 6.07 Å². The lowest BCUT2D eigenvalue weighted by atomic mass is 9.92. The molecule has 2 N–H and O–H groups in total. The van der Waals surface area contributed by atoms with Gasteiger partial charge in [0.15, 0.2) is 5.96 Å². The second-order valence-corrected chi connectivity index (χ2v) is 6.25. The number of hydrogen-bond donors (Lipinski definition) is 2. The van der Waals surface area contributed by atoms with Gasteiger partial charge in [-0.3, -0.25) is 4.99 Å². The highest BCUT2D eigenvalue weighted by Gasteiger charge is 2.24. The summed E-state index contributed by atoms with van der Waals surface area (Å²) in [5, 5.41) is 13.3. The number of methoxy groups -OCH3 is 1. The van der Waals surface area contributed by atoms with Crippen LogP contribution in [-0.2, 0) is 6.54 Å². The minimum Gasteiger partial charge on any atom is -0.508 e. The summed E-state index contributed by atoms with van der Waals surface area (Å²) in [6, 6.07) is 5.25. The van der Waals surface area contributed by atoms with Gasteiger partial charge in [0.25, 0.3) is 0 Å². The van der Waals surface area contributed by atoms with E-state index in [0.717, 1.165) is 30.4 Å². The predicted molar refractivity (Wildman–Crippen MR) is 89.4 cm³/mol. The average Bonchev–Trinajstić information content (AvgIpc) is 2.48. The number of phenols is 1. The lowest BCUT2D eigenvalue weighted by Crippen LogP contribution is -2.48. The van der Waals surface area contributed by atoms with Crippen molar-refractivity contribution in [2.45, 2.75) is 26.8 Å². The fourth-order valence-electron chi connectivity index (χ4n) is 3.17. The Morgan fingerprint density at radius 1 is 1.36 bits per heavy atom. The largest absolute Gasteiger partial charge is 0.508 e. The van der Waals surface area contributed by atoms with Gasteiger partial charge in [0.2, 0.25) is 0 Å². The smallest absolute Gasteiger partial charge is 0.193 e. The van der Waals surface area contributed by atoms with E-state index in [4.69, 9.17) is 4.74 Å². The highest BCUT2D eigenvalue weighted by Crippen LogP contribution is 2.23. The molecule has 1 aliphatic rings. The maximum Gasteiger partial charge on any atom is 0.193 e. The van der Waals surface area contributed by atoms with E-state index in [1.165, 1.54) is 6.42 Å². The van der Waals surface area contributed by atoms with Crippen LogP contribution in [0.2, 0.25) is 0 Å². The summed E-state index contributed by atoms with van der Waals surface area (Å²) in [4.78, 5) is 6.69. The Kier molecular flexibility index (Phi) is 5.52. The monoisotopic (exact) mass is 305 g/mol. The number of ether oxygens (including phenoxy) is 1. The van der Waals surface area contributed by atoms with Gasteiger partial charge in [0, 0.05) is 32.2 Å². The Labute approximate surface area is 133 Å². The summed E-state index contributed by atoms with van der Waals surface area (Å²) in [5.41, 5.74) is 0.804. The third-order valence-electron chi connectivity index (χ3n) is 4.10. The van der Waals surface area contributed by atoms with Crippen LogP contribution >= 0.6 is 0 Å². The number of aromatic hydroxyl groups is 1. The summed E-state index contributed by atoms with van der Waals surface area (Å²) in [5.74, 6) is 3.25. The molecule has 0 radical (unpaired) electrons. The second-order valence-electron chi connectivity index (χ2n) is 6.25. The van der Waals surface area contributed by atoms with Gasteiger partial charge >= 0.3 is 0 Å². The Morgan fingerprint density at radius 2 is 2.05 bits per heavy atom. The number of likely N-dealkylation sites (tertiary alicyclic amines) is 1. The Balaban J connectivity index is 2.02. The molecule has 5 heteroatoms. The third-order valence-corrected chi connectivity index (χ3v) is 4.10. The fourth-order valence-corrected chi connectivity index (χ4v) is 3.17. The first kappa shape index (κ1) is 16.5. The van der Waals surface area contributed by atoms with Crippen molar-refractivity contribution < 1.29 is 9.84 Å². The molecule has 2 atom stereocenters. The molecule has 1 heterocycles. The highest BCUT2D eigenvalue weighted by molar-refractivity contribution is 5.80. The van der Waals surface area contributed by atoms with Crippen LogP contribution in [0.5, 0.6) is 11.5 Å². The van der Waals surface area contributed by atoms with Gasteiger partial charge in [-0.2, -0.15) is 0 Å². The number of nitrogens with one attached hydrogen (secondary N) is 1. The van der Waals surface area contributed by atoms with Crippen LogP contribution in [0, 0.1) is 11.8 Å². The first-order valence-corrected chi connectivity index (χ1v) is 7.85. The van der Waals surface area contributed by atoms with Crippen LogP contribution in [0.3, 0.4) is 0 Å². The van der Waals surface area contributed by atoms with Crippen LogP contribution in [0.4, 0.5) is 0 Å². The zero-order valence-electron chi connectivity index (χ0n) is 14.0. The topological polar surface area (TPSA) is 57.1 Å². The van der Waals surface area contributed by atoms with Crippen LogP contribution in [0.15, 0.2) is 23.2 Å². The van der Waals surface area contributed by atoms with Crippen LogP contribution < -0.4 is 10.1 Å². The van der Waals surface area contributed by atoms with Gasteiger partial charge < -0.3 is 20.1 Å². The van der Waals surface area contributed by atoms with Gasteiger partial charge in [0.05, 0.1) is 7.11 Å². The van der Waals surface area contributed by atoms with E-state index in [1.54, 1.807) is 26.3 Å². The van der Waals surface area contributed by atoms with Crippen LogP contribution in [0.25, 0.3) is 0 Å². The summed E-state index contributed by atoms with van der Waals surface area (Å²) in [7, 11) is 3.43. The molecule has 0 aromatic heterocycles. The molecule has 0 saturated carbocycles. The van der Waals surface area contributed by atoms with Crippen molar-refractivity contribution in [3.63, 3.8) is 0 Å². The van der Waals surface area contributed by atoms with E-state index >= 15 is 0 Å². The lowest BCUT2D eigenvalue weighted by molar-refractivity contribution is 0.208. The average molecular weight is 305 g/mol. The van der Waals surface area contributed by atoms with Gasteiger partial charge in [-0.25, -0.2) is 0 Å².